The minimum Gasteiger partial charge on any atom is -0.476 e. The Bertz CT molecular complexity index is 1580. The Morgan fingerprint density at radius 2 is 1.76 bits per heavy atom. The van der Waals surface area contributed by atoms with Crippen molar-refractivity contribution in [3.8, 4) is 17.7 Å². The van der Waals surface area contributed by atoms with Crippen LogP contribution in [-0.2, 0) is 13.1 Å². The Labute approximate surface area is 214 Å². The van der Waals surface area contributed by atoms with Crippen molar-refractivity contribution in [2.45, 2.75) is 19.5 Å². The van der Waals surface area contributed by atoms with E-state index < -0.39 is 17.3 Å². The first-order valence-electron chi connectivity index (χ1n) is 10.8. The molecule has 0 saturated carbocycles. The summed E-state index contributed by atoms with van der Waals surface area (Å²) in [5.41, 5.74) is -0.348. The summed E-state index contributed by atoms with van der Waals surface area (Å²) in [5.74, 6) is -0.691. The number of carboxylic acid groups (broad SMARTS) is 1. The first kappa shape index (κ1) is 25.1. The van der Waals surface area contributed by atoms with Crippen molar-refractivity contribution in [2.75, 3.05) is 5.32 Å². The van der Waals surface area contributed by atoms with Crippen LogP contribution in [0.4, 0.5) is 11.6 Å². The molecule has 0 amide bonds. The van der Waals surface area contributed by atoms with Gasteiger partial charge in [-0.25, -0.2) is 19.0 Å². The lowest BCUT2D eigenvalue weighted by Crippen LogP contribution is -2.42. The predicted molar refractivity (Wildman–Crippen MR) is 132 cm³/mol. The number of rotatable bonds is 9. The third-order valence-electron chi connectivity index (χ3n) is 5.04. The van der Waals surface area contributed by atoms with Crippen LogP contribution in [0.3, 0.4) is 0 Å². The largest absolute Gasteiger partial charge is 0.476 e. The van der Waals surface area contributed by atoms with Crippen LogP contribution in [0.2, 0.25) is 5.02 Å². The molecule has 0 radical (unpaired) electrons. The quantitative estimate of drug-likeness (QED) is 0.335. The van der Waals surface area contributed by atoms with Gasteiger partial charge in [0.05, 0.1) is 19.0 Å². The second-order valence-corrected chi connectivity index (χ2v) is 8.02. The number of nitrogens with zero attached hydrogens (tertiary/aromatic N) is 6. The lowest BCUT2D eigenvalue weighted by Gasteiger charge is -2.15. The smallest absolute Gasteiger partial charge is 0.356 e. The van der Waals surface area contributed by atoms with Gasteiger partial charge in [-0.15, -0.1) is 10.2 Å². The van der Waals surface area contributed by atoms with Gasteiger partial charge in [0.25, 0.3) is 0 Å². The second kappa shape index (κ2) is 11.1. The van der Waals surface area contributed by atoms with E-state index in [2.05, 4.69) is 20.5 Å². The van der Waals surface area contributed by atoms with Crippen molar-refractivity contribution < 1.29 is 14.6 Å². The molecule has 12 nitrogen and oxygen atoms in total. The lowest BCUT2D eigenvalue weighted by molar-refractivity contribution is 0.0689. The highest BCUT2D eigenvalue weighted by molar-refractivity contribution is 6.30. The molecule has 13 heteroatoms. The molecule has 0 spiro atoms. The van der Waals surface area contributed by atoms with Crippen molar-refractivity contribution in [3.63, 3.8) is 0 Å². The molecule has 2 heterocycles. The normalized spacial score (nSPS) is 10.5. The van der Waals surface area contributed by atoms with E-state index in [-0.39, 0.29) is 37.0 Å². The molecular weight excluding hydrogens is 502 g/mol. The molecular formula is C24H18ClN7O5. The molecule has 2 aromatic carbocycles. The van der Waals surface area contributed by atoms with Crippen LogP contribution in [0.25, 0.3) is 0 Å². The number of nitriles is 1. The van der Waals surface area contributed by atoms with Crippen LogP contribution in [-0.4, -0.2) is 35.4 Å². The number of hydrogen-bond donors (Lipinski definition) is 2. The lowest BCUT2D eigenvalue weighted by atomic mass is 10.2. The number of benzene rings is 2. The van der Waals surface area contributed by atoms with E-state index in [4.69, 9.17) is 26.7 Å². The Morgan fingerprint density at radius 1 is 1.03 bits per heavy atom. The van der Waals surface area contributed by atoms with Gasteiger partial charge in [0.15, 0.2) is 5.69 Å². The fraction of sp³-hybridized carbons (Fsp3) is 0.125. The summed E-state index contributed by atoms with van der Waals surface area (Å²) in [5, 5.41) is 28.6. The van der Waals surface area contributed by atoms with Gasteiger partial charge in [0.2, 0.25) is 11.8 Å². The molecule has 0 fully saturated rings. The van der Waals surface area contributed by atoms with Gasteiger partial charge in [0, 0.05) is 23.3 Å². The van der Waals surface area contributed by atoms with Gasteiger partial charge in [-0.05, 0) is 48.0 Å². The average molecular weight is 520 g/mol. The van der Waals surface area contributed by atoms with E-state index in [1.54, 1.807) is 48.5 Å². The first-order valence-corrected chi connectivity index (χ1v) is 11.2. The number of nitrogens with one attached hydrogen (secondary N) is 1. The number of anilines is 2. The van der Waals surface area contributed by atoms with Crippen LogP contribution < -0.4 is 21.4 Å². The van der Waals surface area contributed by atoms with Gasteiger partial charge in [-0.1, -0.05) is 23.7 Å². The number of carboxylic acids is 1. The fourth-order valence-corrected chi connectivity index (χ4v) is 3.36. The minimum atomic E-state index is -1.20. The summed E-state index contributed by atoms with van der Waals surface area (Å²) < 4.78 is 7.78. The number of carbonyl (C=O) groups is 1. The van der Waals surface area contributed by atoms with E-state index in [0.29, 0.717) is 16.5 Å². The summed E-state index contributed by atoms with van der Waals surface area (Å²) >= 11 is 5.96. The Balaban J connectivity index is 1.60. The maximum Gasteiger partial charge on any atom is 0.356 e. The molecule has 2 N–H and O–H groups in total. The summed E-state index contributed by atoms with van der Waals surface area (Å²) in [6.07, 6.45) is -0.0184. The zero-order chi connectivity index (χ0) is 26.4. The molecule has 0 saturated heterocycles. The van der Waals surface area contributed by atoms with E-state index >= 15 is 0 Å². The number of hydrogen-bond acceptors (Lipinski definition) is 9. The molecule has 37 heavy (non-hydrogen) atoms. The molecule has 2 aromatic heterocycles. The average Bonchev–Trinajstić information content (AvgIpc) is 2.89. The molecule has 0 aliphatic rings. The van der Waals surface area contributed by atoms with Crippen molar-refractivity contribution >= 4 is 29.2 Å². The molecule has 0 aliphatic heterocycles. The molecule has 4 rings (SSSR count). The zero-order valence-corrected chi connectivity index (χ0v) is 19.8. The summed E-state index contributed by atoms with van der Waals surface area (Å²) in [4.78, 5) is 40.6. The standard InChI is InChI=1S/C24H18ClN7O5/c25-16-4-2-15(3-5-16)14-32-22(28-23(35)31(24(32)36)13-1-12-26)27-17-6-8-18(9-7-17)37-20-11-10-19(21(33)34)29-30-20/h2-11H,1,13-14H2,(H,33,34)(H,27,28,35). The van der Waals surface area contributed by atoms with Crippen molar-refractivity contribution in [1.29, 1.82) is 5.26 Å². The molecule has 0 bridgehead atoms. The maximum atomic E-state index is 13.1. The van der Waals surface area contributed by atoms with Crippen LogP contribution in [0, 0.1) is 11.3 Å². The summed E-state index contributed by atoms with van der Waals surface area (Å²) in [6.45, 7) is 0.0226. The summed E-state index contributed by atoms with van der Waals surface area (Å²) in [6, 6.07) is 17.9. The molecule has 0 atom stereocenters. The zero-order valence-electron chi connectivity index (χ0n) is 19.0. The van der Waals surface area contributed by atoms with E-state index in [1.807, 2.05) is 6.07 Å². The minimum absolute atomic E-state index is 0.0157. The predicted octanol–water partition coefficient (Wildman–Crippen LogP) is 3.04. The van der Waals surface area contributed by atoms with Gasteiger partial charge in [-0.3, -0.25) is 4.57 Å². The molecule has 0 unspecified atom stereocenters. The van der Waals surface area contributed by atoms with Crippen LogP contribution in [0.15, 0.2) is 70.3 Å². The number of aromatic carboxylic acids is 1. The highest BCUT2D eigenvalue weighted by Gasteiger charge is 2.14. The van der Waals surface area contributed by atoms with E-state index in [9.17, 15) is 14.4 Å². The Hall–Kier alpha value is -5.02. The topological polar surface area (TPSA) is 165 Å². The van der Waals surface area contributed by atoms with Crippen molar-refractivity contribution in [1.82, 2.24) is 24.3 Å². The highest BCUT2D eigenvalue weighted by atomic mass is 35.5. The third kappa shape index (κ3) is 6.16. The Morgan fingerprint density at radius 3 is 2.38 bits per heavy atom. The monoisotopic (exact) mass is 519 g/mol. The van der Waals surface area contributed by atoms with Crippen LogP contribution >= 0.6 is 11.6 Å². The molecule has 0 aliphatic carbocycles. The SMILES string of the molecule is N#CCCn1c(=O)nc(Nc2ccc(Oc3ccc(C(=O)O)nn3)cc2)n(Cc2ccc(Cl)cc2)c1=O. The van der Waals surface area contributed by atoms with Crippen molar-refractivity contribution in [2.24, 2.45) is 0 Å². The van der Waals surface area contributed by atoms with Gasteiger partial charge in [-0.2, -0.15) is 10.2 Å². The van der Waals surface area contributed by atoms with Crippen molar-refractivity contribution in [3.05, 3.63) is 97.9 Å². The highest BCUT2D eigenvalue weighted by Crippen LogP contribution is 2.23. The molecule has 186 valence electrons. The number of halogens is 1. The van der Waals surface area contributed by atoms with Crippen LogP contribution in [0.5, 0.6) is 11.6 Å². The second-order valence-electron chi connectivity index (χ2n) is 7.59. The van der Waals surface area contributed by atoms with E-state index in [0.717, 1.165) is 10.1 Å². The third-order valence-corrected chi connectivity index (χ3v) is 5.30. The Kier molecular flexibility index (Phi) is 7.56. The van der Waals surface area contributed by atoms with Gasteiger partial charge < -0.3 is 15.2 Å². The molecule has 4 aromatic rings. The number of ether oxygens (including phenoxy) is 1. The first-order chi connectivity index (χ1) is 17.8. The fourth-order valence-electron chi connectivity index (χ4n) is 3.24. The van der Waals surface area contributed by atoms with E-state index in [1.165, 1.54) is 16.7 Å². The van der Waals surface area contributed by atoms with Gasteiger partial charge >= 0.3 is 17.3 Å². The van der Waals surface area contributed by atoms with Crippen LogP contribution in [0.1, 0.15) is 22.5 Å². The number of aromatic nitrogens is 5. The summed E-state index contributed by atoms with van der Waals surface area (Å²) in [7, 11) is 0. The maximum absolute atomic E-state index is 13.1. The van der Waals surface area contributed by atoms with Gasteiger partial charge in [0.1, 0.15) is 5.75 Å².